The van der Waals surface area contributed by atoms with Gasteiger partial charge in [0, 0.05) is 10.2 Å². The first-order valence-electron chi connectivity index (χ1n) is 9.66. The van der Waals surface area contributed by atoms with Gasteiger partial charge in [0.05, 0.1) is 11.3 Å². The lowest BCUT2D eigenvalue weighted by Gasteiger charge is -2.19. The van der Waals surface area contributed by atoms with Crippen LogP contribution >= 0.6 is 15.9 Å². The molecular weight excluding hydrogens is 496 g/mol. The van der Waals surface area contributed by atoms with Crippen molar-refractivity contribution < 1.29 is 23.1 Å². The molecule has 0 spiro atoms. The first kappa shape index (κ1) is 23.6. The van der Waals surface area contributed by atoms with Gasteiger partial charge in [-0.05, 0) is 53.9 Å². The summed E-state index contributed by atoms with van der Waals surface area (Å²) in [5.74, 6) is -1.48. The lowest BCUT2D eigenvalue weighted by atomic mass is 10.1. The van der Waals surface area contributed by atoms with E-state index in [4.69, 9.17) is 5.11 Å². The smallest absolute Gasteiger partial charge is 0.307 e. The number of sulfonamides is 1. The minimum atomic E-state index is -3.95. The van der Waals surface area contributed by atoms with Crippen LogP contribution in [-0.2, 0) is 32.5 Å². The van der Waals surface area contributed by atoms with Crippen LogP contribution in [0, 0.1) is 0 Å². The molecule has 1 atom stereocenters. The highest BCUT2D eigenvalue weighted by Gasteiger charge is 2.26. The molecule has 0 bridgehead atoms. The van der Waals surface area contributed by atoms with E-state index in [2.05, 4.69) is 26.0 Å². The number of hydrogen-bond donors (Lipinski definition) is 3. The molecule has 0 unspecified atom stereocenters. The summed E-state index contributed by atoms with van der Waals surface area (Å²) in [5.41, 5.74) is 1.82. The van der Waals surface area contributed by atoms with Crippen molar-refractivity contribution in [1.82, 2.24) is 4.72 Å². The molecule has 0 radical (unpaired) electrons. The van der Waals surface area contributed by atoms with E-state index in [1.807, 2.05) is 30.3 Å². The minimum absolute atomic E-state index is 0.0459. The van der Waals surface area contributed by atoms with Gasteiger partial charge in [-0.2, -0.15) is 4.72 Å². The number of rotatable bonds is 9. The summed E-state index contributed by atoms with van der Waals surface area (Å²) in [5, 5.41) is 11.6. The summed E-state index contributed by atoms with van der Waals surface area (Å²) in [6.45, 7) is 0. The van der Waals surface area contributed by atoms with Crippen LogP contribution in [0.3, 0.4) is 0 Å². The lowest BCUT2D eigenvalue weighted by Crippen LogP contribution is -2.45. The number of hydrogen-bond acceptors (Lipinski definition) is 4. The number of nitrogens with one attached hydrogen (secondary N) is 2. The molecule has 0 fully saturated rings. The molecule has 0 aliphatic carbocycles. The van der Waals surface area contributed by atoms with Crippen LogP contribution in [0.25, 0.3) is 0 Å². The highest BCUT2D eigenvalue weighted by atomic mass is 79.9. The monoisotopic (exact) mass is 516 g/mol. The molecule has 3 aromatic rings. The zero-order chi connectivity index (χ0) is 23.1. The van der Waals surface area contributed by atoms with Crippen molar-refractivity contribution in [3.8, 4) is 0 Å². The largest absolute Gasteiger partial charge is 0.481 e. The molecule has 7 nitrogen and oxygen atoms in total. The molecule has 1 amide bonds. The second-order valence-electron chi connectivity index (χ2n) is 7.07. The maximum Gasteiger partial charge on any atom is 0.307 e. The Morgan fingerprint density at radius 2 is 1.50 bits per heavy atom. The first-order valence-corrected chi connectivity index (χ1v) is 11.9. The third kappa shape index (κ3) is 6.74. The van der Waals surface area contributed by atoms with Crippen molar-refractivity contribution in [3.63, 3.8) is 0 Å². The lowest BCUT2D eigenvalue weighted by molar-refractivity contribution is -0.136. The van der Waals surface area contributed by atoms with Crippen molar-refractivity contribution in [2.45, 2.75) is 23.8 Å². The molecule has 0 saturated carbocycles. The molecule has 3 aromatic carbocycles. The Bertz CT molecular complexity index is 1180. The van der Waals surface area contributed by atoms with Crippen LogP contribution in [0.15, 0.2) is 88.2 Å². The van der Waals surface area contributed by atoms with Gasteiger partial charge in [-0.3, -0.25) is 9.59 Å². The Labute approximate surface area is 194 Å². The van der Waals surface area contributed by atoms with E-state index >= 15 is 0 Å². The van der Waals surface area contributed by atoms with Crippen LogP contribution in [0.5, 0.6) is 0 Å². The molecule has 0 aliphatic rings. The average molecular weight is 517 g/mol. The normalized spacial score (nSPS) is 12.2. The van der Waals surface area contributed by atoms with Gasteiger partial charge >= 0.3 is 5.97 Å². The number of carboxylic acid groups (broad SMARTS) is 1. The van der Waals surface area contributed by atoms with Crippen LogP contribution in [-0.4, -0.2) is 31.4 Å². The number of anilines is 1. The Morgan fingerprint density at radius 3 is 2.09 bits per heavy atom. The molecule has 3 N–H and O–H groups in total. The third-order valence-corrected chi connectivity index (χ3v) is 6.61. The van der Waals surface area contributed by atoms with Gasteiger partial charge in [-0.25, -0.2) is 8.42 Å². The molecule has 0 aromatic heterocycles. The average Bonchev–Trinajstić information content (AvgIpc) is 2.75. The fourth-order valence-electron chi connectivity index (χ4n) is 3.02. The second-order valence-corrected chi connectivity index (χ2v) is 9.70. The van der Waals surface area contributed by atoms with E-state index in [1.165, 1.54) is 12.1 Å². The van der Waals surface area contributed by atoms with Crippen molar-refractivity contribution in [2.75, 3.05) is 5.32 Å². The standard InChI is InChI=1S/C23H21BrN2O5S/c24-18-8-12-20(13-9-18)32(30,31)26-21(14-16-4-2-1-3-5-16)23(29)25-19-10-6-17(7-11-19)15-22(27)28/h1-13,21,26H,14-15H2,(H,25,29)(H,27,28)/t21-/m0/s1. The Balaban J connectivity index is 1.81. The molecule has 0 saturated heterocycles. The number of carbonyl (C=O) groups is 2. The summed E-state index contributed by atoms with van der Waals surface area (Å²) >= 11 is 3.27. The van der Waals surface area contributed by atoms with Crippen molar-refractivity contribution in [3.05, 3.63) is 94.5 Å². The van der Waals surface area contributed by atoms with Crippen molar-refractivity contribution in [2.24, 2.45) is 0 Å². The highest BCUT2D eigenvalue weighted by Crippen LogP contribution is 2.17. The molecule has 0 heterocycles. The van der Waals surface area contributed by atoms with E-state index in [-0.39, 0.29) is 17.7 Å². The van der Waals surface area contributed by atoms with Crippen LogP contribution in [0.4, 0.5) is 5.69 Å². The van der Waals surface area contributed by atoms with Crippen LogP contribution < -0.4 is 10.0 Å². The Hall–Kier alpha value is -3.01. The van der Waals surface area contributed by atoms with E-state index in [0.717, 1.165) is 10.0 Å². The summed E-state index contributed by atoms with van der Waals surface area (Å²) in [6, 6.07) is 20.5. The van der Waals surface area contributed by atoms with Gasteiger partial charge in [-0.1, -0.05) is 58.4 Å². The predicted octanol–water partition coefficient (Wildman–Crippen LogP) is 3.60. The fourth-order valence-corrected chi connectivity index (χ4v) is 4.48. The third-order valence-electron chi connectivity index (χ3n) is 4.60. The predicted molar refractivity (Wildman–Crippen MR) is 125 cm³/mol. The topological polar surface area (TPSA) is 113 Å². The number of halogens is 1. The van der Waals surface area contributed by atoms with E-state index in [1.54, 1.807) is 36.4 Å². The minimum Gasteiger partial charge on any atom is -0.481 e. The summed E-state index contributed by atoms with van der Waals surface area (Å²) < 4.78 is 29.0. The molecule has 9 heteroatoms. The summed E-state index contributed by atoms with van der Waals surface area (Å²) in [6.07, 6.45) is 0.0252. The van der Waals surface area contributed by atoms with E-state index in [9.17, 15) is 18.0 Å². The highest BCUT2D eigenvalue weighted by molar-refractivity contribution is 9.10. The number of aliphatic carboxylic acids is 1. The zero-order valence-corrected chi connectivity index (χ0v) is 19.3. The maximum absolute atomic E-state index is 13.0. The van der Waals surface area contributed by atoms with Gasteiger partial charge in [0.2, 0.25) is 15.9 Å². The Kier molecular flexibility index (Phi) is 7.79. The quantitative estimate of drug-likeness (QED) is 0.402. The molecule has 32 heavy (non-hydrogen) atoms. The number of amides is 1. The zero-order valence-electron chi connectivity index (χ0n) is 16.9. The summed E-state index contributed by atoms with van der Waals surface area (Å²) in [4.78, 5) is 23.9. The van der Waals surface area contributed by atoms with Crippen molar-refractivity contribution >= 4 is 43.5 Å². The maximum atomic E-state index is 13.0. The second kappa shape index (κ2) is 10.5. The van der Waals surface area contributed by atoms with Gasteiger partial charge < -0.3 is 10.4 Å². The summed E-state index contributed by atoms with van der Waals surface area (Å²) in [7, 11) is -3.95. The van der Waals surface area contributed by atoms with Gasteiger partial charge in [0.15, 0.2) is 0 Å². The van der Waals surface area contributed by atoms with Crippen molar-refractivity contribution in [1.29, 1.82) is 0 Å². The van der Waals surface area contributed by atoms with Crippen LogP contribution in [0.2, 0.25) is 0 Å². The molecule has 166 valence electrons. The SMILES string of the molecule is O=C(O)Cc1ccc(NC(=O)[C@H](Cc2ccccc2)NS(=O)(=O)c2ccc(Br)cc2)cc1. The van der Waals surface area contributed by atoms with Gasteiger partial charge in [0.1, 0.15) is 6.04 Å². The molecule has 0 aliphatic heterocycles. The fraction of sp³-hybridized carbons (Fsp3) is 0.130. The van der Waals surface area contributed by atoms with E-state index < -0.39 is 27.9 Å². The number of benzene rings is 3. The van der Waals surface area contributed by atoms with Gasteiger partial charge in [-0.15, -0.1) is 0 Å². The number of carbonyl (C=O) groups excluding carboxylic acids is 1. The first-order chi connectivity index (χ1) is 15.2. The molecule has 3 rings (SSSR count). The number of carboxylic acids is 1. The van der Waals surface area contributed by atoms with Gasteiger partial charge in [0.25, 0.3) is 0 Å². The molecular formula is C23H21BrN2O5S. The Morgan fingerprint density at radius 1 is 0.875 bits per heavy atom. The van der Waals surface area contributed by atoms with E-state index in [0.29, 0.717) is 11.3 Å². The van der Waals surface area contributed by atoms with Crippen LogP contribution in [0.1, 0.15) is 11.1 Å².